The lowest BCUT2D eigenvalue weighted by atomic mass is 9.99. The summed E-state index contributed by atoms with van der Waals surface area (Å²) in [6, 6.07) is 8.28. The van der Waals surface area contributed by atoms with Crippen LogP contribution in [0.2, 0.25) is 0 Å². The average Bonchev–Trinajstić information content (AvgIpc) is 3.09. The fourth-order valence-corrected chi connectivity index (χ4v) is 4.25. The number of nitrogens with zero attached hydrogens (tertiary/aromatic N) is 3. The maximum Gasteiger partial charge on any atom is 0.290 e. The van der Waals surface area contributed by atoms with E-state index < -0.39 is 6.04 Å². The smallest absolute Gasteiger partial charge is 0.290 e. The van der Waals surface area contributed by atoms with E-state index in [4.69, 9.17) is 9.15 Å². The maximum atomic E-state index is 13.5. The van der Waals surface area contributed by atoms with Crippen molar-refractivity contribution >= 4 is 16.9 Å². The first-order valence-electron chi connectivity index (χ1n) is 10.7. The van der Waals surface area contributed by atoms with E-state index >= 15 is 0 Å². The normalized spacial score (nSPS) is 15.7. The minimum Gasteiger partial charge on any atom is -0.497 e. The third kappa shape index (κ3) is 3.81. The number of ether oxygens (including phenoxy) is 1. The molecule has 7 nitrogen and oxygen atoms in total. The average molecular weight is 421 g/mol. The Hall–Kier alpha value is -3.19. The zero-order chi connectivity index (χ0) is 22.0. The molecule has 1 atom stereocenters. The Morgan fingerprint density at radius 3 is 2.55 bits per heavy atom. The molecule has 2 aromatic heterocycles. The predicted molar refractivity (Wildman–Crippen MR) is 119 cm³/mol. The Balaban J connectivity index is 1.79. The van der Waals surface area contributed by atoms with Crippen LogP contribution >= 0.6 is 0 Å². The fourth-order valence-electron chi connectivity index (χ4n) is 4.25. The lowest BCUT2D eigenvalue weighted by molar-refractivity contribution is 0.0720. The SMILES string of the molecule is CCN(CC)CCCN1C(=O)c2oc3cc(OC)ccc3c(=O)c2C1c1ccncc1. The molecule has 0 N–H and O–H groups in total. The largest absolute Gasteiger partial charge is 0.497 e. The summed E-state index contributed by atoms with van der Waals surface area (Å²) in [6.07, 6.45) is 4.17. The van der Waals surface area contributed by atoms with Gasteiger partial charge in [-0.15, -0.1) is 0 Å². The number of pyridine rings is 1. The second kappa shape index (κ2) is 8.89. The van der Waals surface area contributed by atoms with Gasteiger partial charge in [-0.05, 0) is 55.9 Å². The number of hydrogen-bond donors (Lipinski definition) is 0. The third-order valence-electron chi connectivity index (χ3n) is 5.96. The van der Waals surface area contributed by atoms with Crippen molar-refractivity contribution in [2.24, 2.45) is 0 Å². The fraction of sp³-hybridized carbons (Fsp3) is 0.375. The number of benzene rings is 1. The monoisotopic (exact) mass is 421 g/mol. The van der Waals surface area contributed by atoms with Gasteiger partial charge in [0, 0.05) is 25.0 Å². The molecule has 0 spiro atoms. The van der Waals surface area contributed by atoms with Gasteiger partial charge >= 0.3 is 0 Å². The Morgan fingerprint density at radius 1 is 1.13 bits per heavy atom. The summed E-state index contributed by atoms with van der Waals surface area (Å²) in [6.45, 7) is 7.60. The van der Waals surface area contributed by atoms with Gasteiger partial charge in [0.2, 0.25) is 5.76 Å². The van der Waals surface area contributed by atoms with Gasteiger partial charge in [-0.3, -0.25) is 14.6 Å². The molecule has 0 aliphatic carbocycles. The van der Waals surface area contributed by atoms with Crippen molar-refractivity contribution in [3.8, 4) is 5.75 Å². The van der Waals surface area contributed by atoms with Crippen LogP contribution in [0.5, 0.6) is 5.75 Å². The molecule has 4 rings (SSSR count). The molecule has 31 heavy (non-hydrogen) atoms. The second-order valence-electron chi connectivity index (χ2n) is 7.60. The van der Waals surface area contributed by atoms with Gasteiger partial charge in [0.15, 0.2) is 5.43 Å². The van der Waals surface area contributed by atoms with Crippen LogP contribution in [-0.4, -0.2) is 54.0 Å². The molecule has 0 saturated carbocycles. The summed E-state index contributed by atoms with van der Waals surface area (Å²) in [7, 11) is 1.55. The Labute approximate surface area is 181 Å². The number of aromatic nitrogens is 1. The van der Waals surface area contributed by atoms with Crippen LogP contribution in [0.25, 0.3) is 11.0 Å². The first-order valence-corrected chi connectivity index (χ1v) is 10.7. The lowest BCUT2D eigenvalue weighted by Crippen LogP contribution is -2.33. The molecule has 3 aromatic rings. The summed E-state index contributed by atoms with van der Waals surface area (Å²) in [5.74, 6) is 0.441. The minimum atomic E-state index is -0.482. The zero-order valence-corrected chi connectivity index (χ0v) is 18.1. The predicted octanol–water partition coefficient (Wildman–Crippen LogP) is 3.47. The highest BCUT2D eigenvalue weighted by Crippen LogP contribution is 2.38. The number of carbonyl (C=O) groups excluding carboxylic acids is 1. The van der Waals surface area contributed by atoms with Crippen molar-refractivity contribution < 1.29 is 13.9 Å². The summed E-state index contributed by atoms with van der Waals surface area (Å²) < 4.78 is 11.2. The number of rotatable bonds is 8. The van der Waals surface area contributed by atoms with E-state index in [0.29, 0.717) is 28.8 Å². The highest BCUT2D eigenvalue weighted by Gasteiger charge is 2.42. The molecule has 1 amide bonds. The van der Waals surface area contributed by atoms with Crippen LogP contribution in [0.4, 0.5) is 0 Å². The molecular formula is C24H27N3O4. The molecular weight excluding hydrogens is 394 g/mol. The van der Waals surface area contributed by atoms with Gasteiger partial charge in [-0.25, -0.2) is 0 Å². The standard InChI is InChI=1S/C24H27N3O4/c1-4-26(5-2)13-6-14-27-21(16-9-11-25-12-10-16)20-22(28)18-8-7-17(30-3)15-19(18)31-23(20)24(27)29/h7-12,15,21H,4-6,13-14H2,1-3H3. The summed E-state index contributed by atoms with van der Waals surface area (Å²) in [5, 5.41) is 0.441. The molecule has 1 aromatic carbocycles. The van der Waals surface area contributed by atoms with E-state index in [1.807, 2.05) is 12.1 Å². The van der Waals surface area contributed by atoms with Crippen LogP contribution in [0, 0.1) is 0 Å². The van der Waals surface area contributed by atoms with Gasteiger partial charge in [0.05, 0.1) is 24.1 Å². The molecule has 3 heterocycles. The molecule has 1 aliphatic rings. The first kappa shape index (κ1) is 21.1. The number of methoxy groups -OCH3 is 1. The van der Waals surface area contributed by atoms with Crippen molar-refractivity contribution in [2.45, 2.75) is 26.3 Å². The van der Waals surface area contributed by atoms with Crippen LogP contribution in [0.15, 0.2) is 51.9 Å². The van der Waals surface area contributed by atoms with Crippen molar-refractivity contribution in [1.29, 1.82) is 0 Å². The quantitative estimate of drug-likeness (QED) is 0.554. The molecule has 1 aliphatic heterocycles. The summed E-state index contributed by atoms with van der Waals surface area (Å²) in [5.41, 5.74) is 1.43. The van der Waals surface area contributed by atoms with E-state index in [9.17, 15) is 9.59 Å². The third-order valence-corrected chi connectivity index (χ3v) is 5.96. The van der Waals surface area contributed by atoms with E-state index in [1.54, 1.807) is 42.6 Å². The number of fused-ring (bicyclic) bond motifs is 2. The zero-order valence-electron chi connectivity index (χ0n) is 18.1. The van der Waals surface area contributed by atoms with E-state index in [0.717, 1.165) is 31.6 Å². The Kier molecular flexibility index (Phi) is 6.04. The van der Waals surface area contributed by atoms with Gasteiger partial charge in [-0.1, -0.05) is 13.8 Å². The maximum absolute atomic E-state index is 13.5. The van der Waals surface area contributed by atoms with Crippen molar-refractivity contribution in [2.75, 3.05) is 33.3 Å². The molecule has 162 valence electrons. The Morgan fingerprint density at radius 2 is 1.87 bits per heavy atom. The molecule has 0 fully saturated rings. The van der Waals surface area contributed by atoms with Crippen LogP contribution < -0.4 is 10.2 Å². The first-order chi connectivity index (χ1) is 15.1. The van der Waals surface area contributed by atoms with Gasteiger partial charge in [0.1, 0.15) is 11.3 Å². The van der Waals surface area contributed by atoms with Crippen LogP contribution in [0.3, 0.4) is 0 Å². The van der Waals surface area contributed by atoms with Crippen molar-refractivity contribution in [3.63, 3.8) is 0 Å². The van der Waals surface area contributed by atoms with E-state index in [2.05, 4.69) is 23.7 Å². The molecule has 7 heteroatoms. The van der Waals surface area contributed by atoms with E-state index in [1.165, 1.54) is 0 Å². The van der Waals surface area contributed by atoms with E-state index in [-0.39, 0.29) is 17.1 Å². The van der Waals surface area contributed by atoms with Crippen molar-refractivity contribution in [1.82, 2.24) is 14.8 Å². The second-order valence-corrected chi connectivity index (χ2v) is 7.60. The molecule has 1 unspecified atom stereocenters. The highest BCUT2D eigenvalue weighted by atomic mass is 16.5. The van der Waals surface area contributed by atoms with Gasteiger partial charge in [0.25, 0.3) is 5.91 Å². The molecule has 0 bridgehead atoms. The molecule has 0 radical (unpaired) electrons. The minimum absolute atomic E-state index is 0.121. The van der Waals surface area contributed by atoms with Gasteiger partial charge in [-0.2, -0.15) is 0 Å². The lowest BCUT2D eigenvalue weighted by Gasteiger charge is -2.26. The Bertz CT molecular complexity index is 1140. The summed E-state index contributed by atoms with van der Waals surface area (Å²) in [4.78, 5) is 35.0. The topological polar surface area (TPSA) is 75.9 Å². The molecule has 0 saturated heterocycles. The van der Waals surface area contributed by atoms with Crippen molar-refractivity contribution in [3.05, 3.63) is 69.8 Å². The number of amides is 1. The number of hydrogen-bond acceptors (Lipinski definition) is 6. The van der Waals surface area contributed by atoms with Crippen LogP contribution in [0.1, 0.15) is 48.0 Å². The number of carbonyl (C=O) groups is 1. The highest BCUT2D eigenvalue weighted by molar-refractivity contribution is 5.99. The van der Waals surface area contributed by atoms with Crippen LogP contribution in [-0.2, 0) is 0 Å². The van der Waals surface area contributed by atoms with Gasteiger partial charge < -0.3 is 19.0 Å². The summed E-state index contributed by atoms with van der Waals surface area (Å²) >= 11 is 0.